The summed E-state index contributed by atoms with van der Waals surface area (Å²) in [5, 5.41) is 6.31. The second-order valence-electron chi connectivity index (χ2n) is 8.87. The van der Waals surface area contributed by atoms with Crippen molar-refractivity contribution < 1.29 is 13.9 Å². The molecule has 1 aromatic rings. The van der Waals surface area contributed by atoms with Gasteiger partial charge in [0.1, 0.15) is 11.4 Å². The van der Waals surface area contributed by atoms with Gasteiger partial charge in [-0.1, -0.05) is 26.0 Å². The number of benzene rings is 1. The molecule has 1 aromatic carbocycles. The Hall–Kier alpha value is -2.31. The molecule has 0 aliphatic carbocycles. The fraction of sp³-hybridized carbons (Fsp3) is 0.619. The molecule has 1 fully saturated rings. The van der Waals surface area contributed by atoms with Crippen molar-refractivity contribution >= 4 is 12.1 Å². The number of hydrogen-bond donors (Lipinski definition) is 2. The van der Waals surface area contributed by atoms with E-state index in [1.807, 2.05) is 26.8 Å². The van der Waals surface area contributed by atoms with Crippen LogP contribution in [-0.4, -0.2) is 55.3 Å². The van der Waals surface area contributed by atoms with Gasteiger partial charge >= 0.3 is 6.09 Å². The molecule has 1 heterocycles. The molecule has 0 bridgehead atoms. The second-order valence-corrected chi connectivity index (χ2v) is 8.87. The number of halogens is 1. The number of guanidine groups is 1. The van der Waals surface area contributed by atoms with Crippen LogP contribution in [-0.2, 0) is 10.2 Å². The summed E-state index contributed by atoms with van der Waals surface area (Å²) >= 11 is 0. The fourth-order valence-corrected chi connectivity index (χ4v) is 3.19. The third-order valence-corrected chi connectivity index (χ3v) is 4.71. The molecule has 2 rings (SSSR count). The molecule has 1 amide bonds. The zero-order chi connectivity index (χ0) is 20.9. The van der Waals surface area contributed by atoms with E-state index < -0.39 is 11.7 Å². The van der Waals surface area contributed by atoms with Crippen molar-refractivity contribution in [3.05, 3.63) is 35.6 Å². The third kappa shape index (κ3) is 6.39. The van der Waals surface area contributed by atoms with Crippen LogP contribution in [0, 0.1) is 5.82 Å². The van der Waals surface area contributed by atoms with Crippen LogP contribution in [0.1, 0.15) is 46.6 Å². The molecule has 1 atom stereocenters. The number of carbonyl (C=O) groups excluding carboxylic acids is 1. The number of amides is 1. The van der Waals surface area contributed by atoms with E-state index in [0.717, 1.165) is 24.5 Å². The number of hydrogen-bond acceptors (Lipinski definition) is 3. The number of nitrogens with zero attached hydrogens (tertiary/aromatic N) is 2. The Morgan fingerprint density at radius 1 is 1.32 bits per heavy atom. The van der Waals surface area contributed by atoms with Gasteiger partial charge in [0, 0.05) is 32.1 Å². The van der Waals surface area contributed by atoms with Gasteiger partial charge in [-0.2, -0.15) is 0 Å². The summed E-state index contributed by atoms with van der Waals surface area (Å²) < 4.78 is 18.9. The Kier molecular flexibility index (Phi) is 6.91. The molecule has 1 aliphatic heterocycles. The van der Waals surface area contributed by atoms with Crippen LogP contribution in [0.4, 0.5) is 9.18 Å². The SMILES string of the molecule is CN=C(NCC(C)(C)c1cccc(F)c1)N1CCC(NC(=O)OC(C)(C)C)C1. The number of aliphatic imine (C=N–C) groups is 1. The smallest absolute Gasteiger partial charge is 0.407 e. The first-order valence-corrected chi connectivity index (χ1v) is 9.71. The van der Waals surface area contributed by atoms with Gasteiger partial charge in [-0.15, -0.1) is 0 Å². The molecule has 0 spiro atoms. The number of ether oxygens (including phenoxy) is 1. The van der Waals surface area contributed by atoms with Crippen LogP contribution < -0.4 is 10.6 Å². The summed E-state index contributed by atoms with van der Waals surface area (Å²) in [6, 6.07) is 6.71. The van der Waals surface area contributed by atoms with E-state index in [0.29, 0.717) is 13.1 Å². The lowest BCUT2D eigenvalue weighted by Crippen LogP contribution is -2.46. The fourth-order valence-electron chi connectivity index (χ4n) is 3.19. The summed E-state index contributed by atoms with van der Waals surface area (Å²) in [5.74, 6) is 0.545. The minimum Gasteiger partial charge on any atom is -0.444 e. The van der Waals surface area contributed by atoms with Crippen molar-refractivity contribution in [3.63, 3.8) is 0 Å². The lowest BCUT2D eigenvalue weighted by Gasteiger charge is -2.29. The molecule has 0 saturated carbocycles. The summed E-state index contributed by atoms with van der Waals surface area (Å²) in [7, 11) is 1.74. The lowest BCUT2D eigenvalue weighted by atomic mass is 9.84. The molecule has 7 heteroatoms. The number of likely N-dealkylation sites (tertiary alicyclic amines) is 1. The van der Waals surface area contributed by atoms with Gasteiger partial charge in [0.25, 0.3) is 0 Å². The maximum absolute atomic E-state index is 13.6. The van der Waals surface area contributed by atoms with Gasteiger partial charge in [0.2, 0.25) is 0 Å². The number of alkyl carbamates (subject to hydrolysis) is 1. The Morgan fingerprint density at radius 3 is 2.64 bits per heavy atom. The summed E-state index contributed by atoms with van der Waals surface area (Å²) in [6.45, 7) is 11.8. The van der Waals surface area contributed by atoms with Crippen LogP contribution in [0.2, 0.25) is 0 Å². The zero-order valence-corrected chi connectivity index (χ0v) is 17.8. The van der Waals surface area contributed by atoms with Gasteiger partial charge in [-0.05, 0) is 44.9 Å². The normalized spacial score (nSPS) is 18.2. The summed E-state index contributed by atoms with van der Waals surface area (Å²) in [4.78, 5) is 18.5. The largest absolute Gasteiger partial charge is 0.444 e. The van der Waals surface area contributed by atoms with Gasteiger partial charge in [0.15, 0.2) is 5.96 Å². The Balaban J connectivity index is 1.90. The molecule has 0 radical (unpaired) electrons. The van der Waals surface area contributed by atoms with Gasteiger partial charge in [0.05, 0.1) is 6.04 Å². The van der Waals surface area contributed by atoms with E-state index in [4.69, 9.17) is 4.74 Å². The van der Waals surface area contributed by atoms with Crippen molar-refractivity contribution in [3.8, 4) is 0 Å². The predicted octanol–water partition coefficient (Wildman–Crippen LogP) is 3.28. The van der Waals surface area contributed by atoms with E-state index in [2.05, 4.69) is 34.4 Å². The van der Waals surface area contributed by atoms with Gasteiger partial charge in [-0.25, -0.2) is 9.18 Å². The highest BCUT2D eigenvalue weighted by Gasteiger charge is 2.29. The van der Waals surface area contributed by atoms with Crippen LogP contribution in [0.3, 0.4) is 0 Å². The maximum Gasteiger partial charge on any atom is 0.407 e. The van der Waals surface area contributed by atoms with Crippen molar-refractivity contribution in [1.29, 1.82) is 0 Å². The highest BCUT2D eigenvalue weighted by molar-refractivity contribution is 5.80. The number of rotatable bonds is 4. The minimum absolute atomic E-state index is 0.0182. The molecule has 2 N–H and O–H groups in total. The molecule has 6 nitrogen and oxygen atoms in total. The molecule has 1 saturated heterocycles. The Labute approximate surface area is 167 Å². The number of carbonyl (C=O) groups is 1. The maximum atomic E-state index is 13.6. The van der Waals surface area contributed by atoms with Gasteiger partial charge < -0.3 is 20.3 Å². The molecular formula is C21H33FN4O2. The molecule has 1 aliphatic rings. The molecule has 1 unspecified atom stereocenters. The molecule has 156 valence electrons. The molecular weight excluding hydrogens is 359 g/mol. The average molecular weight is 393 g/mol. The summed E-state index contributed by atoms with van der Waals surface area (Å²) in [6.07, 6.45) is 0.433. The standard InChI is InChI=1S/C21H33FN4O2/c1-20(2,3)28-19(27)25-17-10-11-26(13-17)18(23-6)24-14-21(4,5)15-8-7-9-16(22)12-15/h7-9,12,17H,10-11,13-14H2,1-6H3,(H,23,24)(H,25,27). The van der Waals surface area contributed by atoms with E-state index in [-0.39, 0.29) is 17.3 Å². The van der Waals surface area contributed by atoms with Crippen LogP contribution >= 0.6 is 0 Å². The van der Waals surface area contributed by atoms with E-state index in [1.54, 1.807) is 19.2 Å². The van der Waals surface area contributed by atoms with Crippen molar-refractivity contribution in [2.24, 2.45) is 4.99 Å². The van der Waals surface area contributed by atoms with Gasteiger partial charge in [-0.3, -0.25) is 4.99 Å². The first kappa shape index (κ1) is 22.0. The van der Waals surface area contributed by atoms with E-state index in [9.17, 15) is 9.18 Å². The highest BCUT2D eigenvalue weighted by atomic mass is 19.1. The third-order valence-electron chi connectivity index (χ3n) is 4.71. The minimum atomic E-state index is -0.511. The van der Waals surface area contributed by atoms with Crippen LogP contribution in [0.5, 0.6) is 0 Å². The topological polar surface area (TPSA) is 66.0 Å². The monoisotopic (exact) mass is 392 g/mol. The Morgan fingerprint density at radius 2 is 2.04 bits per heavy atom. The van der Waals surface area contributed by atoms with E-state index in [1.165, 1.54) is 6.07 Å². The van der Waals surface area contributed by atoms with Crippen LogP contribution in [0.25, 0.3) is 0 Å². The quantitative estimate of drug-likeness (QED) is 0.610. The Bertz CT molecular complexity index is 713. The van der Waals surface area contributed by atoms with Crippen molar-refractivity contribution in [2.45, 2.75) is 58.1 Å². The highest BCUT2D eigenvalue weighted by Crippen LogP contribution is 2.23. The first-order chi connectivity index (χ1) is 13.0. The second kappa shape index (κ2) is 8.80. The van der Waals surface area contributed by atoms with Crippen molar-refractivity contribution in [2.75, 3.05) is 26.7 Å². The number of nitrogens with one attached hydrogen (secondary N) is 2. The summed E-state index contributed by atoms with van der Waals surface area (Å²) in [5.41, 5.74) is 0.162. The first-order valence-electron chi connectivity index (χ1n) is 9.71. The lowest BCUT2D eigenvalue weighted by molar-refractivity contribution is 0.0507. The van der Waals surface area contributed by atoms with Crippen LogP contribution in [0.15, 0.2) is 29.3 Å². The van der Waals surface area contributed by atoms with E-state index >= 15 is 0 Å². The molecule has 28 heavy (non-hydrogen) atoms. The zero-order valence-electron chi connectivity index (χ0n) is 17.8. The molecule has 0 aromatic heterocycles. The predicted molar refractivity (Wildman–Crippen MR) is 110 cm³/mol. The average Bonchev–Trinajstić information content (AvgIpc) is 3.01. The van der Waals surface area contributed by atoms with Crippen molar-refractivity contribution in [1.82, 2.24) is 15.5 Å².